The fourth-order valence-corrected chi connectivity index (χ4v) is 6.50. The Morgan fingerprint density at radius 3 is 2.06 bits per heavy atom. The maximum atomic E-state index is 4.98. The van der Waals surface area contributed by atoms with Crippen LogP contribution in [0, 0.1) is 13.8 Å². The van der Waals surface area contributed by atoms with Crippen LogP contribution in [0.1, 0.15) is 56.4 Å². The molecule has 0 fully saturated rings. The molecule has 0 saturated heterocycles. The van der Waals surface area contributed by atoms with Crippen molar-refractivity contribution in [3.8, 4) is 11.3 Å². The molecular weight excluding hydrogens is 388 g/mol. The van der Waals surface area contributed by atoms with Gasteiger partial charge in [-0.3, -0.25) is 4.40 Å². The van der Waals surface area contributed by atoms with Gasteiger partial charge in [0, 0.05) is 16.3 Å². The maximum absolute atomic E-state index is 4.98. The summed E-state index contributed by atoms with van der Waals surface area (Å²) in [4.78, 5) is 4.98. The standard InChI is InChI=1S/C30H30N2/c1-18-10-9-11-19(2)27(18)26-16-31-28-21-13-8-7-12-20(21)22-14-23-24(15-25(22)32(26)28)30(5,6)17-29(23,3)4/h7-16H,17H2,1-6H3. The van der Waals surface area contributed by atoms with Crippen LogP contribution < -0.4 is 0 Å². The average molecular weight is 419 g/mol. The fourth-order valence-electron chi connectivity index (χ4n) is 6.50. The minimum absolute atomic E-state index is 0.157. The first-order chi connectivity index (χ1) is 15.2. The lowest BCUT2D eigenvalue weighted by molar-refractivity contribution is 0.403. The molecule has 2 heterocycles. The van der Waals surface area contributed by atoms with Gasteiger partial charge in [-0.25, -0.2) is 4.98 Å². The maximum Gasteiger partial charge on any atom is 0.145 e. The molecule has 3 aromatic carbocycles. The molecule has 0 amide bonds. The van der Waals surface area contributed by atoms with Crippen molar-refractivity contribution < 1.29 is 0 Å². The Morgan fingerprint density at radius 2 is 1.38 bits per heavy atom. The van der Waals surface area contributed by atoms with Crippen molar-refractivity contribution >= 4 is 27.3 Å². The third-order valence-electron chi connectivity index (χ3n) is 7.68. The van der Waals surface area contributed by atoms with Gasteiger partial charge in [0.05, 0.1) is 17.4 Å². The highest BCUT2D eigenvalue weighted by atomic mass is 15.0. The number of aryl methyl sites for hydroxylation is 2. The second-order valence-electron chi connectivity index (χ2n) is 11.0. The summed E-state index contributed by atoms with van der Waals surface area (Å²) in [6, 6.07) is 20.2. The first kappa shape index (κ1) is 19.5. The summed E-state index contributed by atoms with van der Waals surface area (Å²) in [5.74, 6) is 0. The quantitative estimate of drug-likeness (QED) is 0.253. The van der Waals surface area contributed by atoms with Crippen LogP contribution in [0.4, 0.5) is 0 Å². The van der Waals surface area contributed by atoms with E-state index in [1.165, 1.54) is 61.6 Å². The molecule has 1 aliphatic carbocycles. The van der Waals surface area contributed by atoms with Crippen molar-refractivity contribution in [1.29, 1.82) is 0 Å². The molecule has 2 aromatic heterocycles. The predicted octanol–water partition coefficient (Wildman–Crippen LogP) is 7.88. The van der Waals surface area contributed by atoms with E-state index in [0.717, 1.165) is 5.65 Å². The highest BCUT2D eigenvalue weighted by Crippen LogP contribution is 2.51. The summed E-state index contributed by atoms with van der Waals surface area (Å²) in [5.41, 5.74) is 10.7. The van der Waals surface area contributed by atoms with Gasteiger partial charge in [0.2, 0.25) is 0 Å². The molecule has 0 aliphatic heterocycles. The number of hydrogen-bond donors (Lipinski definition) is 0. The van der Waals surface area contributed by atoms with E-state index in [4.69, 9.17) is 4.98 Å². The summed E-state index contributed by atoms with van der Waals surface area (Å²) >= 11 is 0. The Morgan fingerprint density at radius 1 is 0.750 bits per heavy atom. The third kappa shape index (κ3) is 2.50. The van der Waals surface area contributed by atoms with E-state index in [1.807, 2.05) is 0 Å². The minimum Gasteiger partial charge on any atom is -0.292 e. The zero-order valence-corrected chi connectivity index (χ0v) is 19.9. The third-order valence-corrected chi connectivity index (χ3v) is 7.68. The number of rotatable bonds is 1. The topological polar surface area (TPSA) is 17.3 Å². The van der Waals surface area contributed by atoms with E-state index >= 15 is 0 Å². The molecule has 0 spiro atoms. The van der Waals surface area contributed by atoms with Gasteiger partial charge in [-0.1, -0.05) is 70.2 Å². The second-order valence-corrected chi connectivity index (χ2v) is 11.0. The summed E-state index contributed by atoms with van der Waals surface area (Å²) in [5, 5.41) is 3.83. The zero-order valence-electron chi connectivity index (χ0n) is 19.9. The monoisotopic (exact) mass is 418 g/mol. The van der Waals surface area contributed by atoms with Crippen molar-refractivity contribution in [2.24, 2.45) is 0 Å². The number of nitrogens with zero attached hydrogens (tertiary/aromatic N) is 2. The van der Waals surface area contributed by atoms with Crippen molar-refractivity contribution in [2.45, 2.75) is 58.8 Å². The van der Waals surface area contributed by atoms with Gasteiger partial charge >= 0.3 is 0 Å². The van der Waals surface area contributed by atoms with Gasteiger partial charge in [0.25, 0.3) is 0 Å². The van der Waals surface area contributed by atoms with Crippen LogP contribution in [-0.2, 0) is 10.8 Å². The molecule has 5 aromatic rings. The number of benzene rings is 3. The number of fused-ring (bicyclic) bond motifs is 7. The summed E-state index contributed by atoms with van der Waals surface area (Å²) in [6.45, 7) is 14.0. The smallest absolute Gasteiger partial charge is 0.145 e. The lowest BCUT2D eigenvalue weighted by atomic mass is 9.82. The Labute approximate surface area is 189 Å². The number of aromatic nitrogens is 2. The molecule has 2 heteroatoms. The van der Waals surface area contributed by atoms with Gasteiger partial charge in [0.15, 0.2) is 0 Å². The van der Waals surface area contributed by atoms with E-state index in [9.17, 15) is 0 Å². The van der Waals surface area contributed by atoms with Crippen LogP contribution in [0.5, 0.6) is 0 Å². The van der Waals surface area contributed by atoms with Crippen molar-refractivity contribution in [1.82, 2.24) is 9.38 Å². The molecule has 0 atom stereocenters. The van der Waals surface area contributed by atoms with E-state index in [-0.39, 0.29) is 10.8 Å². The number of pyridine rings is 1. The average Bonchev–Trinajstić information content (AvgIpc) is 3.24. The molecule has 0 N–H and O–H groups in total. The summed E-state index contributed by atoms with van der Waals surface area (Å²) in [6.07, 6.45) is 3.24. The Balaban J connectivity index is 1.86. The Kier molecular flexibility index (Phi) is 3.80. The van der Waals surface area contributed by atoms with E-state index in [2.05, 4.69) is 107 Å². The predicted molar refractivity (Wildman–Crippen MR) is 136 cm³/mol. The minimum atomic E-state index is 0.157. The zero-order chi connectivity index (χ0) is 22.4. The number of imidazole rings is 1. The second kappa shape index (κ2) is 6.22. The molecule has 0 unspecified atom stereocenters. The Bertz CT molecular complexity index is 1540. The molecule has 2 nitrogen and oxygen atoms in total. The van der Waals surface area contributed by atoms with Gasteiger partial charge in [0.1, 0.15) is 5.65 Å². The van der Waals surface area contributed by atoms with Crippen LogP contribution in [0.25, 0.3) is 38.6 Å². The van der Waals surface area contributed by atoms with Crippen LogP contribution in [-0.4, -0.2) is 9.38 Å². The largest absolute Gasteiger partial charge is 0.292 e. The van der Waals surface area contributed by atoms with Crippen molar-refractivity contribution in [3.63, 3.8) is 0 Å². The molecule has 160 valence electrons. The summed E-state index contributed by atoms with van der Waals surface area (Å²) in [7, 11) is 0. The molecule has 0 radical (unpaired) electrons. The van der Waals surface area contributed by atoms with Crippen molar-refractivity contribution in [2.75, 3.05) is 0 Å². The molecule has 32 heavy (non-hydrogen) atoms. The molecule has 6 rings (SSSR count). The fraction of sp³-hybridized carbons (Fsp3) is 0.300. The molecule has 0 saturated carbocycles. The summed E-state index contributed by atoms with van der Waals surface area (Å²) < 4.78 is 2.41. The van der Waals surface area contributed by atoms with E-state index in [0.29, 0.717) is 0 Å². The van der Waals surface area contributed by atoms with Gasteiger partial charge < -0.3 is 0 Å². The van der Waals surface area contributed by atoms with Crippen LogP contribution in [0.3, 0.4) is 0 Å². The van der Waals surface area contributed by atoms with Crippen LogP contribution in [0.2, 0.25) is 0 Å². The van der Waals surface area contributed by atoms with Crippen LogP contribution >= 0.6 is 0 Å². The van der Waals surface area contributed by atoms with Crippen molar-refractivity contribution in [3.05, 3.63) is 83.0 Å². The van der Waals surface area contributed by atoms with E-state index in [1.54, 1.807) is 0 Å². The highest BCUT2D eigenvalue weighted by Gasteiger charge is 2.42. The van der Waals surface area contributed by atoms with E-state index < -0.39 is 0 Å². The Hall–Kier alpha value is -3.13. The van der Waals surface area contributed by atoms with Gasteiger partial charge in [-0.15, -0.1) is 0 Å². The number of hydrogen-bond acceptors (Lipinski definition) is 1. The molecule has 0 bridgehead atoms. The van der Waals surface area contributed by atoms with Gasteiger partial charge in [-0.2, -0.15) is 0 Å². The van der Waals surface area contributed by atoms with Gasteiger partial charge in [-0.05, 0) is 70.9 Å². The lowest BCUT2D eigenvalue weighted by Gasteiger charge is -2.22. The lowest BCUT2D eigenvalue weighted by Crippen LogP contribution is -2.17. The SMILES string of the molecule is Cc1cccc(C)c1-c1cnc2c3ccccc3c3cc4c(cc3n12)C(C)(C)CC4(C)C. The molecule has 1 aliphatic rings. The highest BCUT2D eigenvalue weighted by molar-refractivity contribution is 6.13. The first-order valence-corrected chi connectivity index (χ1v) is 11.6. The molecular formula is C30H30N2. The first-order valence-electron chi connectivity index (χ1n) is 11.6. The normalized spacial score (nSPS) is 16.8. The van der Waals surface area contributed by atoms with Crippen LogP contribution in [0.15, 0.2) is 60.8 Å².